The summed E-state index contributed by atoms with van der Waals surface area (Å²) in [4.78, 5) is 11.3. The van der Waals surface area contributed by atoms with Crippen LogP contribution in [-0.4, -0.2) is 29.1 Å². The minimum atomic E-state index is -2.99. The van der Waals surface area contributed by atoms with Gasteiger partial charge in [0.2, 0.25) is 0 Å². The van der Waals surface area contributed by atoms with Crippen molar-refractivity contribution in [3.05, 3.63) is 22.9 Å². The minimum absolute atomic E-state index is 0.0212. The fourth-order valence-electron chi connectivity index (χ4n) is 1.06. The summed E-state index contributed by atoms with van der Waals surface area (Å²) in [6.45, 7) is 1.83. The van der Waals surface area contributed by atoms with Gasteiger partial charge in [-0.25, -0.2) is 13.2 Å². The summed E-state index contributed by atoms with van der Waals surface area (Å²) >= 11 is 0. The van der Waals surface area contributed by atoms with Gasteiger partial charge in [0.25, 0.3) is 0 Å². The number of sulfone groups is 1. The van der Waals surface area contributed by atoms with Crippen molar-refractivity contribution >= 4 is 9.84 Å². The first kappa shape index (κ1) is 11.0. The number of imidazole rings is 1. The van der Waals surface area contributed by atoms with E-state index in [9.17, 15) is 13.2 Å². The van der Waals surface area contributed by atoms with Crippen LogP contribution in [0.5, 0.6) is 0 Å². The second-order valence-corrected chi connectivity index (χ2v) is 5.59. The molecule has 0 unspecified atom stereocenters. The molecule has 0 aliphatic rings. The first-order valence-corrected chi connectivity index (χ1v) is 6.20. The summed E-state index contributed by atoms with van der Waals surface area (Å²) in [5.41, 5.74) is -0.184. The molecule has 6 heteroatoms. The van der Waals surface area contributed by atoms with Gasteiger partial charge in [-0.1, -0.05) is 6.92 Å². The maximum Gasteiger partial charge on any atom is 0.327 e. The van der Waals surface area contributed by atoms with Gasteiger partial charge in [0.05, 0.1) is 5.75 Å². The van der Waals surface area contributed by atoms with E-state index in [1.165, 1.54) is 9.13 Å². The van der Waals surface area contributed by atoms with Gasteiger partial charge in [-0.3, -0.25) is 4.57 Å². The molecule has 0 saturated heterocycles. The summed E-state index contributed by atoms with van der Waals surface area (Å²) < 4.78 is 25.1. The summed E-state index contributed by atoms with van der Waals surface area (Å²) in [5, 5.41) is 0. The molecule has 0 bridgehead atoms. The molecule has 1 aromatic rings. The van der Waals surface area contributed by atoms with E-state index in [2.05, 4.69) is 0 Å². The highest BCUT2D eigenvalue weighted by Crippen LogP contribution is 1.91. The molecule has 0 aliphatic carbocycles. The highest BCUT2D eigenvalue weighted by molar-refractivity contribution is 7.91. The van der Waals surface area contributed by atoms with Crippen molar-refractivity contribution in [3.8, 4) is 0 Å². The van der Waals surface area contributed by atoms with Gasteiger partial charge in [-0.15, -0.1) is 0 Å². The molecule has 5 nitrogen and oxygen atoms in total. The lowest BCUT2D eigenvalue weighted by Crippen LogP contribution is -2.25. The van der Waals surface area contributed by atoms with Crippen LogP contribution in [0.2, 0.25) is 0 Å². The topological polar surface area (TPSA) is 61.1 Å². The van der Waals surface area contributed by atoms with Crippen LogP contribution in [0, 0.1) is 0 Å². The zero-order chi connectivity index (χ0) is 10.8. The predicted molar refractivity (Wildman–Crippen MR) is 54.0 cm³/mol. The third-order valence-corrected chi connectivity index (χ3v) is 3.78. The predicted octanol–water partition coefficient (Wildman–Crippen LogP) is -0.379. The number of aryl methyl sites for hydroxylation is 2. The molecule has 1 aromatic heterocycles. The van der Waals surface area contributed by atoms with Crippen molar-refractivity contribution in [2.45, 2.75) is 13.5 Å². The van der Waals surface area contributed by atoms with Gasteiger partial charge in [0, 0.05) is 31.7 Å². The van der Waals surface area contributed by atoms with E-state index in [1.54, 1.807) is 26.4 Å². The molecule has 0 amide bonds. The second-order valence-electron chi connectivity index (χ2n) is 3.12. The van der Waals surface area contributed by atoms with Gasteiger partial charge in [0.15, 0.2) is 9.84 Å². The summed E-state index contributed by atoms with van der Waals surface area (Å²) in [6, 6.07) is 0. The first-order valence-electron chi connectivity index (χ1n) is 4.38. The molecule has 0 aromatic carbocycles. The molecule has 0 spiro atoms. The lowest BCUT2D eigenvalue weighted by Gasteiger charge is -2.01. The van der Waals surface area contributed by atoms with E-state index in [4.69, 9.17) is 0 Å². The Kier molecular flexibility index (Phi) is 3.15. The van der Waals surface area contributed by atoms with Crippen LogP contribution in [-0.2, 0) is 23.4 Å². The van der Waals surface area contributed by atoms with Gasteiger partial charge < -0.3 is 4.57 Å². The Balaban J connectivity index is 2.73. The molecular weight excluding hydrogens is 204 g/mol. The van der Waals surface area contributed by atoms with E-state index in [1.807, 2.05) is 0 Å². The number of rotatable bonds is 4. The normalized spacial score (nSPS) is 11.9. The fraction of sp³-hybridized carbons (Fsp3) is 0.625. The van der Waals surface area contributed by atoms with Gasteiger partial charge in [-0.2, -0.15) is 0 Å². The molecule has 0 atom stereocenters. The van der Waals surface area contributed by atoms with Crippen LogP contribution in [0.4, 0.5) is 0 Å². The molecule has 14 heavy (non-hydrogen) atoms. The van der Waals surface area contributed by atoms with Gasteiger partial charge >= 0.3 is 5.69 Å². The fourth-order valence-corrected chi connectivity index (χ4v) is 1.83. The molecular formula is C8H14N2O3S. The Morgan fingerprint density at radius 3 is 2.43 bits per heavy atom. The molecule has 0 N–H and O–H groups in total. The third kappa shape index (κ3) is 2.47. The Hall–Kier alpha value is -1.04. The van der Waals surface area contributed by atoms with E-state index >= 15 is 0 Å². The van der Waals surface area contributed by atoms with Crippen LogP contribution >= 0.6 is 0 Å². The number of hydrogen-bond donors (Lipinski definition) is 0. The second kappa shape index (κ2) is 4.00. The standard InChI is InChI=1S/C8H14N2O3S/c1-3-14(12,13)7-6-10-5-4-9(2)8(10)11/h4-5H,3,6-7H2,1-2H3. The molecule has 80 valence electrons. The minimum Gasteiger partial charge on any atom is -0.302 e. The molecule has 0 saturated carbocycles. The van der Waals surface area contributed by atoms with Crippen LogP contribution in [0.25, 0.3) is 0 Å². The third-order valence-electron chi connectivity index (χ3n) is 2.10. The monoisotopic (exact) mass is 218 g/mol. The Morgan fingerprint density at radius 1 is 1.36 bits per heavy atom. The average molecular weight is 218 g/mol. The molecule has 1 rings (SSSR count). The van der Waals surface area contributed by atoms with Gasteiger partial charge in [-0.05, 0) is 0 Å². The van der Waals surface area contributed by atoms with Crippen LogP contribution < -0.4 is 5.69 Å². The lowest BCUT2D eigenvalue weighted by molar-refractivity contribution is 0.587. The zero-order valence-electron chi connectivity index (χ0n) is 8.30. The Bertz CT molecular complexity index is 455. The molecule has 0 aliphatic heterocycles. The van der Waals surface area contributed by atoms with Crippen molar-refractivity contribution < 1.29 is 8.42 Å². The lowest BCUT2D eigenvalue weighted by atomic mass is 10.7. The average Bonchev–Trinajstić information content (AvgIpc) is 2.45. The van der Waals surface area contributed by atoms with Crippen LogP contribution in [0.3, 0.4) is 0 Å². The number of nitrogens with zero attached hydrogens (tertiary/aromatic N) is 2. The summed E-state index contributed by atoms with van der Waals surface area (Å²) in [7, 11) is -1.36. The Labute approximate surface area is 82.9 Å². The van der Waals surface area contributed by atoms with Gasteiger partial charge in [0.1, 0.15) is 0 Å². The van der Waals surface area contributed by atoms with E-state index in [-0.39, 0.29) is 23.7 Å². The largest absolute Gasteiger partial charge is 0.327 e. The van der Waals surface area contributed by atoms with Crippen LogP contribution in [0.15, 0.2) is 17.2 Å². The smallest absolute Gasteiger partial charge is 0.302 e. The number of aromatic nitrogens is 2. The van der Waals surface area contributed by atoms with Crippen molar-refractivity contribution in [2.75, 3.05) is 11.5 Å². The molecule has 1 heterocycles. The van der Waals surface area contributed by atoms with E-state index in [0.717, 1.165) is 0 Å². The molecule has 0 radical (unpaired) electrons. The zero-order valence-corrected chi connectivity index (χ0v) is 9.12. The van der Waals surface area contributed by atoms with Crippen molar-refractivity contribution in [2.24, 2.45) is 7.05 Å². The SMILES string of the molecule is CCS(=O)(=O)CCn1ccn(C)c1=O. The maximum atomic E-state index is 11.3. The van der Waals surface area contributed by atoms with Crippen LogP contribution in [0.1, 0.15) is 6.92 Å². The van der Waals surface area contributed by atoms with Crippen molar-refractivity contribution in [1.29, 1.82) is 0 Å². The summed E-state index contributed by atoms with van der Waals surface area (Å²) in [5.74, 6) is 0.141. The van der Waals surface area contributed by atoms with Crippen molar-refractivity contribution in [1.82, 2.24) is 9.13 Å². The van der Waals surface area contributed by atoms with Crippen molar-refractivity contribution in [3.63, 3.8) is 0 Å². The summed E-state index contributed by atoms with van der Waals surface area (Å²) in [6.07, 6.45) is 3.20. The highest BCUT2D eigenvalue weighted by atomic mass is 32.2. The van der Waals surface area contributed by atoms with E-state index < -0.39 is 9.84 Å². The maximum absolute atomic E-state index is 11.3. The molecule has 0 fully saturated rings. The Morgan fingerprint density at radius 2 is 2.00 bits per heavy atom. The highest BCUT2D eigenvalue weighted by Gasteiger charge is 2.08. The van der Waals surface area contributed by atoms with E-state index in [0.29, 0.717) is 0 Å². The first-order chi connectivity index (χ1) is 6.46. The number of hydrogen-bond acceptors (Lipinski definition) is 3. The quantitative estimate of drug-likeness (QED) is 0.692.